The van der Waals surface area contributed by atoms with Crippen molar-refractivity contribution >= 4 is 22.8 Å². The van der Waals surface area contributed by atoms with E-state index in [1.54, 1.807) is 19.4 Å². The highest BCUT2D eigenvalue weighted by atomic mass is 32.2. The molecular formula is C14H10N4OS. The summed E-state index contributed by atoms with van der Waals surface area (Å²) < 4.78 is 5.18. The van der Waals surface area contributed by atoms with Crippen LogP contribution >= 0.6 is 11.8 Å². The molecule has 0 aliphatic heterocycles. The summed E-state index contributed by atoms with van der Waals surface area (Å²) >= 11 is 1.47. The number of aromatic nitrogens is 3. The van der Waals surface area contributed by atoms with Gasteiger partial charge in [-0.2, -0.15) is 5.26 Å². The standard InChI is InChI=1S/C14H10N4OS/c1-19-10-3-5-12-13(6-10)18-14(17-12)20-11-4-2-9(7-15)16-8-11/h2-6,8H,1H3,(H,17,18). The summed E-state index contributed by atoms with van der Waals surface area (Å²) in [6, 6.07) is 11.2. The minimum Gasteiger partial charge on any atom is -0.497 e. The number of hydrogen-bond donors (Lipinski definition) is 1. The van der Waals surface area contributed by atoms with E-state index in [-0.39, 0.29) is 0 Å². The Morgan fingerprint density at radius 2 is 2.20 bits per heavy atom. The summed E-state index contributed by atoms with van der Waals surface area (Å²) in [4.78, 5) is 12.7. The molecule has 2 heterocycles. The van der Waals surface area contributed by atoms with Crippen LogP contribution in [0.3, 0.4) is 0 Å². The highest BCUT2D eigenvalue weighted by Crippen LogP contribution is 2.28. The lowest BCUT2D eigenvalue weighted by Gasteiger charge is -1.97. The zero-order valence-corrected chi connectivity index (χ0v) is 11.4. The first kappa shape index (κ1) is 12.5. The number of hydrogen-bond acceptors (Lipinski definition) is 5. The normalized spacial score (nSPS) is 10.4. The molecule has 0 fully saturated rings. The number of rotatable bonds is 3. The summed E-state index contributed by atoms with van der Waals surface area (Å²) in [5.74, 6) is 0.790. The Morgan fingerprint density at radius 3 is 2.90 bits per heavy atom. The molecule has 6 heteroatoms. The van der Waals surface area contributed by atoms with Crippen molar-refractivity contribution in [1.29, 1.82) is 5.26 Å². The van der Waals surface area contributed by atoms with Crippen molar-refractivity contribution in [3.8, 4) is 11.8 Å². The van der Waals surface area contributed by atoms with E-state index in [0.29, 0.717) is 5.69 Å². The molecule has 1 aromatic carbocycles. The van der Waals surface area contributed by atoms with Gasteiger partial charge in [-0.1, -0.05) is 11.8 Å². The molecule has 3 rings (SSSR count). The van der Waals surface area contributed by atoms with E-state index in [1.165, 1.54) is 11.8 Å². The fourth-order valence-electron chi connectivity index (χ4n) is 1.76. The maximum absolute atomic E-state index is 8.71. The lowest BCUT2D eigenvalue weighted by molar-refractivity contribution is 0.415. The topological polar surface area (TPSA) is 74.6 Å². The Balaban J connectivity index is 1.88. The van der Waals surface area contributed by atoms with Crippen LogP contribution in [0.4, 0.5) is 0 Å². The number of methoxy groups -OCH3 is 1. The van der Waals surface area contributed by atoms with Gasteiger partial charge in [-0.15, -0.1) is 0 Å². The van der Waals surface area contributed by atoms with Gasteiger partial charge in [0.2, 0.25) is 0 Å². The predicted molar refractivity (Wildman–Crippen MR) is 75.7 cm³/mol. The van der Waals surface area contributed by atoms with Crippen LogP contribution in [0.5, 0.6) is 5.75 Å². The van der Waals surface area contributed by atoms with Crippen molar-refractivity contribution in [3.63, 3.8) is 0 Å². The van der Waals surface area contributed by atoms with Gasteiger partial charge in [-0.25, -0.2) is 9.97 Å². The molecule has 0 amide bonds. The Hall–Kier alpha value is -2.52. The first-order valence-electron chi connectivity index (χ1n) is 5.86. The van der Waals surface area contributed by atoms with Crippen molar-refractivity contribution in [2.24, 2.45) is 0 Å². The van der Waals surface area contributed by atoms with Gasteiger partial charge in [0.25, 0.3) is 0 Å². The molecular weight excluding hydrogens is 272 g/mol. The monoisotopic (exact) mass is 282 g/mol. The highest BCUT2D eigenvalue weighted by Gasteiger charge is 2.06. The molecule has 0 spiro atoms. The molecule has 20 heavy (non-hydrogen) atoms. The zero-order chi connectivity index (χ0) is 13.9. The number of benzene rings is 1. The third-order valence-corrected chi connectivity index (χ3v) is 3.60. The van der Waals surface area contributed by atoms with E-state index < -0.39 is 0 Å². The second-order valence-corrected chi connectivity index (χ2v) is 5.08. The number of nitriles is 1. The number of imidazole rings is 1. The first-order valence-corrected chi connectivity index (χ1v) is 6.68. The van der Waals surface area contributed by atoms with Crippen molar-refractivity contribution in [3.05, 3.63) is 42.2 Å². The maximum Gasteiger partial charge on any atom is 0.171 e. The summed E-state index contributed by atoms with van der Waals surface area (Å²) in [5, 5.41) is 9.49. The lowest BCUT2D eigenvalue weighted by Crippen LogP contribution is -1.82. The molecule has 1 N–H and O–H groups in total. The Labute approximate surface area is 119 Å². The largest absolute Gasteiger partial charge is 0.497 e. The molecule has 0 saturated carbocycles. The molecule has 0 bridgehead atoms. The molecule has 0 saturated heterocycles. The number of H-pyrrole nitrogens is 1. The number of ether oxygens (including phenoxy) is 1. The number of fused-ring (bicyclic) bond motifs is 1. The Bertz CT molecular complexity index is 789. The number of pyridine rings is 1. The maximum atomic E-state index is 8.71. The van der Waals surface area contributed by atoms with Crippen LogP contribution in [0.1, 0.15) is 5.69 Å². The van der Waals surface area contributed by atoms with Gasteiger partial charge in [0.05, 0.1) is 18.1 Å². The molecule has 0 aliphatic carbocycles. The van der Waals surface area contributed by atoms with Crippen LogP contribution in [-0.2, 0) is 0 Å². The second kappa shape index (κ2) is 5.23. The van der Waals surface area contributed by atoms with E-state index >= 15 is 0 Å². The average molecular weight is 282 g/mol. The number of aromatic amines is 1. The second-order valence-electron chi connectivity index (χ2n) is 4.02. The average Bonchev–Trinajstić information content (AvgIpc) is 2.89. The third kappa shape index (κ3) is 2.44. The fraction of sp³-hybridized carbons (Fsp3) is 0.0714. The van der Waals surface area contributed by atoms with Crippen LogP contribution in [0.25, 0.3) is 11.0 Å². The number of nitrogens with one attached hydrogen (secondary N) is 1. The van der Waals surface area contributed by atoms with E-state index in [1.807, 2.05) is 30.3 Å². The zero-order valence-electron chi connectivity index (χ0n) is 10.6. The van der Waals surface area contributed by atoms with Gasteiger partial charge < -0.3 is 9.72 Å². The van der Waals surface area contributed by atoms with Crippen molar-refractivity contribution in [1.82, 2.24) is 15.0 Å². The minimum atomic E-state index is 0.406. The summed E-state index contributed by atoms with van der Waals surface area (Å²) in [6.45, 7) is 0. The van der Waals surface area contributed by atoms with Gasteiger partial charge in [0, 0.05) is 17.2 Å². The van der Waals surface area contributed by atoms with Gasteiger partial charge in [-0.05, 0) is 24.3 Å². The van der Waals surface area contributed by atoms with Crippen LogP contribution in [0, 0.1) is 11.3 Å². The van der Waals surface area contributed by atoms with Crippen LogP contribution in [0.15, 0.2) is 46.6 Å². The first-order chi connectivity index (χ1) is 9.78. The van der Waals surface area contributed by atoms with E-state index in [4.69, 9.17) is 10.00 Å². The molecule has 0 unspecified atom stereocenters. The number of nitrogens with zero attached hydrogens (tertiary/aromatic N) is 3. The lowest BCUT2D eigenvalue weighted by atomic mass is 10.3. The minimum absolute atomic E-state index is 0.406. The summed E-state index contributed by atoms with van der Waals surface area (Å²) in [7, 11) is 1.63. The van der Waals surface area contributed by atoms with E-state index in [0.717, 1.165) is 26.8 Å². The van der Waals surface area contributed by atoms with Gasteiger partial charge >= 0.3 is 0 Å². The van der Waals surface area contributed by atoms with E-state index in [2.05, 4.69) is 15.0 Å². The third-order valence-electron chi connectivity index (χ3n) is 2.73. The Morgan fingerprint density at radius 1 is 1.30 bits per heavy atom. The van der Waals surface area contributed by atoms with Crippen molar-refractivity contribution in [2.45, 2.75) is 10.1 Å². The smallest absolute Gasteiger partial charge is 0.171 e. The molecule has 0 radical (unpaired) electrons. The molecule has 5 nitrogen and oxygen atoms in total. The van der Waals surface area contributed by atoms with Gasteiger partial charge in [-0.3, -0.25) is 0 Å². The van der Waals surface area contributed by atoms with Crippen LogP contribution in [-0.4, -0.2) is 22.1 Å². The van der Waals surface area contributed by atoms with Gasteiger partial charge in [0.15, 0.2) is 5.16 Å². The Kier molecular flexibility index (Phi) is 3.27. The fourth-order valence-corrected chi connectivity index (χ4v) is 2.53. The molecule has 0 atom stereocenters. The van der Waals surface area contributed by atoms with Gasteiger partial charge in [0.1, 0.15) is 17.5 Å². The van der Waals surface area contributed by atoms with Crippen molar-refractivity contribution < 1.29 is 4.74 Å². The molecule has 0 aliphatic rings. The van der Waals surface area contributed by atoms with Crippen LogP contribution in [0.2, 0.25) is 0 Å². The quantitative estimate of drug-likeness (QED) is 0.799. The van der Waals surface area contributed by atoms with Crippen molar-refractivity contribution in [2.75, 3.05) is 7.11 Å². The highest BCUT2D eigenvalue weighted by molar-refractivity contribution is 7.99. The van der Waals surface area contributed by atoms with Crippen LogP contribution < -0.4 is 4.74 Å². The van der Waals surface area contributed by atoms with E-state index in [9.17, 15) is 0 Å². The predicted octanol–water partition coefficient (Wildman–Crippen LogP) is 2.99. The molecule has 2 aromatic heterocycles. The SMILES string of the molecule is COc1ccc2nc(Sc3ccc(C#N)nc3)[nH]c2c1. The summed E-state index contributed by atoms with van der Waals surface area (Å²) in [5.41, 5.74) is 2.21. The molecule has 98 valence electrons. The summed E-state index contributed by atoms with van der Waals surface area (Å²) in [6.07, 6.45) is 1.66. The molecule has 3 aromatic rings.